The summed E-state index contributed by atoms with van der Waals surface area (Å²) in [6.07, 6.45) is 5.93. The van der Waals surface area contributed by atoms with E-state index in [2.05, 4.69) is 5.16 Å². The van der Waals surface area contributed by atoms with Crippen LogP contribution >= 0.6 is 0 Å². The zero-order valence-corrected chi connectivity index (χ0v) is 11.4. The van der Waals surface area contributed by atoms with Crippen LogP contribution in [0.2, 0.25) is 0 Å². The summed E-state index contributed by atoms with van der Waals surface area (Å²) in [5, 5.41) is 11.5. The summed E-state index contributed by atoms with van der Waals surface area (Å²) in [7, 11) is 0. The molecular formula is C13H25N3O2. The van der Waals surface area contributed by atoms with Crippen LogP contribution in [0, 0.1) is 5.92 Å². The van der Waals surface area contributed by atoms with Crippen molar-refractivity contribution in [2.45, 2.75) is 58.4 Å². The van der Waals surface area contributed by atoms with Crippen molar-refractivity contribution in [1.29, 1.82) is 0 Å². The number of amidine groups is 1. The van der Waals surface area contributed by atoms with Crippen molar-refractivity contribution in [3.05, 3.63) is 0 Å². The zero-order chi connectivity index (χ0) is 13.5. The molecule has 104 valence electrons. The van der Waals surface area contributed by atoms with E-state index in [1.807, 2.05) is 18.7 Å². The van der Waals surface area contributed by atoms with Crippen LogP contribution in [0.25, 0.3) is 0 Å². The first kappa shape index (κ1) is 14.8. The molecule has 0 aliphatic heterocycles. The van der Waals surface area contributed by atoms with Crippen LogP contribution < -0.4 is 5.73 Å². The van der Waals surface area contributed by atoms with Gasteiger partial charge in [0.2, 0.25) is 5.91 Å². The number of nitrogens with zero attached hydrogens (tertiary/aromatic N) is 2. The molecule has 0 atom stereocenters. The second-order valence-corrected chi connectivity index (χ2v) is 5.38. The molecule has 1 amide bonds. The van der Waals surface area contributed by atoms with E-state index >= 15 is 0 Å². The predicted molar refractivity (Wildman–Crippen MR) is 71.4 cm³/mol. The molecule has 18 heavy (non-hydrogen) atoms. The quantitative estimate of drug-likeness (QED) is 0.329. The zero-order valence-electron chi connectivity index (χ0n) is 11.4. The minimum Gasteiger partial charge on any atom is -0.409 e. The minimum atomic E-state index is 0.158. The molecule has 0 spiro atoms. The number of carbonyl (C=O) groups is 1. The van der Waals surface area contributed by atoms with Crippen molar-refractivity contribution >= 4 is 11.7 Å². The number of carbonyl (C=O) groups excluding carboxylic acids is 1. The van der Waals surface area contributed by atoms with Gasteiger partial charge in [-0.3, -0.25) is 4.79 Å². The van der Waals surface area contributed by atoms with Crippen molar-refractivity contribution < 1.29 is 10.0 Å². The Morgan fingerprint density at radius 1 is 1.44 bits per heavy atom. The molecule has 1 rings (SSSR count). The predicted octanol–water partition coefficient (Wildman–Crippen LogP) is 1.94. The average molecular weight is 255 g/mol. The summed E-state index contributed by atoms with van der Waals surface area (Å²) in [4.78, 5) is 14.1. The molecule has 0 unspecified atom stereocenters. The highest BCUT2D eigenvalue weighted by molar-refractivity contribution is 5.81. The van der Waals surface area contributed by atoms with Crippen LogP contribution in [0.4, 0.5) is 0 Å². The Morgan fingerprint density at radius 3 is 2.56 bits per heavy atom. The second kappa shape index (κ2) is 7.24. The van der Waals surface area contributed by atoms with E-state index in [1.54, 1.807) is 0 Å². The summed E-state index contributed by atoms with van der Waals surface area (Å²) in [5.74, 6) is 0.930. The fourth-order valence-electron chi connectivity index (χ4n) is 2.53. The van der Waals surface area contributed by atoms with E-state index in [0.29, 0.717) is 25.3 Å². The van der Waals surface area contributed by atoms with Gasteiger partial charge in [0.15, 0.2) is 0 Å². The maximum absolute atomic E-state index is 12.2. The first-order chi connectivity index (χ1) is 8.54. The Hall–Kier alpha value is -1.26. The third kappa shape index (κ3) is 4.55. The van der Waals surface area contributed by atoms with Crippen molar-refractivity contribution in [3.63, 3.8) is 0 Å². The molecule has 0 radical (unpaired) electrons. The molecule has 5 nitrogen and oxygen atoms in total. The van der Waals surface area contributed by atoms with Crippen LogP contribution in [-0.2, 0) is 4.79 Å². The van der Waals surface area contributed by atoms with E-state index in [4.69, 9.17) is 10.9 Å². The van der Waals surface area contributed by atoms with Crippen LogP contribution in [0.1, 0.15) is 52.4 Å². The lowest BCUT2D eigenvalue weighted by atomic mass is 10.0. The number of rotatable bonds is 6. The third-order valence-corrected chi connectivity index (χ3v) is 3.62. The smallest absolute Gasteiger partial charge is 0.223 e. The number of amides is 1. The maximum atomic E-state index is 12.2. The lowest BCUT2D eigenvalue weighted by molar-refractivity contribution is -0.133. The largest absolute Gasteiger partial charge is 0.409 e. The SMILES string of the molecule is CC(C)N(CC/C(N)=N/O)C(=O)CC1CCCC1. The molecule has 1 aliphatic rings. The molecule has 1 fully saturated rings. The number of nitrogens with two attached hydrogens (primary N) is 1. The normalized spacial score (nSPS) is 17.4. The van der Waals surface area contributed by atoms with Gasteiger partial charge in [-0.2, -0.15) is 0 Å². The fraction of sp³-hybridized carbons (Fsp3) is 0.846. The Kier molecular flexibility index (Phi) is 5.95. The highest BCUT2D eigenvalue weighted by Gasteiger charge is 2.23. The Labute approximate surface area is 109 Å². The molecular weight excluding hydrogens is 230 g/mol. The van der Waals surface area contributed by atoms with E-state index in [1.165, 1.54) is 25.7 Å². The summed E-state index contributed by atoms with van der Waals surface area (Å²) in [5.41, 5.74) is 5.45. The first-order valence-corrected chi connectivity index (χ1v) is 6.80. The van der Waals surface area contributed by atoms with E-state index in [9.17, 15) is 4.79 Å². The molecule has 1 aliphatic carbocycles. The minimum absolute atomic E-state index is 0.158. The molecule has 5 heteroatoms. The molecule has 0 aromatic carbocycles. The van der Waals surface area contributed by atoms with Crippen LogP contribution in [-0.4, -0.2) is 34.4 Å². The molecule has 1 saturated carbocycles. The Morgan fingerprint density at radius 2 is 2.06 bits per heavy atom. The Balaban J connectivity index is 2.46. The van der Waals surface area contributed by atoms with Crippen molar-refractivity contribution in [3.8, 4) is 0 Å². The number of hydrogen-bond acceptors (Lipinski definition) is 3. The summed E-state index contributed by atoms with van der Waals surface area (Å²) >= 11 is 0. The van der Waals surface area contributed by atoms with Gasteiger partial charge in [0.25, 0.3) is 0 Å². The highest BCUT2D eigenvalue weighted by atomic mass is 16.4. The van der Waals surface area contributed by atoms with Crippen molar-refractivity contribution in [2.24, 2.45) is 16.8 Å². The van der Waals surface area contributed by atoms with Gasteiger partial charge in [-0.05, 0) is 32.6 Å². The maximum Gasteiger partial charge on any atom is 0.223 e. The van der Waals surface area contributed by atoms with Gasteiger partial charge in [-0.15, -0.1) is 0 Å². The van der Waals surface area contributed by atoms with Crippen LogP contribution in [0.15, 0.2) is 5.16 Å². The van der Waals surface area contributed by atoms with E-state index < -0.39 is 0 Å². The molecule has 0 aromatic heterocycles. The first-order valence-electron chi connectivity index (χ1n) is 6.80. The Bertz CT molecular complexity index is 297. The fourth-order valence-corrected chi connectivity index (χ4v) is 2.53. The molecule has 3 N–H and O–H groups in total. The number of oxime groups is 1. The summed E-state index contributed by atoms with van der Waals surface area (Å²) in [6.45, 7) is 4.52. The average Bonchev–Trinajstić information content (AvgIpc) is 2.81. The molecule has 0 bridgehead atoms. The van der Waals surface area contributed by atoms with Crippen molar-refractivity contribution in [1.82, 2.24) is 4.90 Å². The molecule has 0 heterocycles. The standard InChI is InChI=1S/C13H25N3O2/c1-10(2)16(8-7-12(14)15-18)13(17)9-11-5-3-4-6-11/h10-11,18H,3-9H2,1-2H3,(H2,14,15). The van der Waals surface area contributed by atoms with Gasteiger partial charge in [-0.1, -0.05) is 18.0 Å². The van der Waals surface area contributed by atoms with Gasteiger partial charge >= 0.3 is 0 Å². The van der Waals surface area contributed by atoms with Gasteiger partial charge in [0, 0.05) is 25.4 Å². The molecule has 0 saturated heterocycles. The highest BCUT2D eigenvalue weighted by Crippen LogP contribution is 2.28. The summed E-state index contributed by atoms with van der Waals surface area (Å²) in [6, 6.07) is 0.158. The third-order valence-electron chi connectivity index (χ3n) is 3.62. The van der Waals surface area contributed by atoms with Crippen LogP contribution in [0.5, 0.6) is 0 Å². The van der Waals surface area contributed by atoms with Gasteiger partial charge < -0.3 is 15.8 Å². The molecule has 0 aromatic rings. The van der Waals surface area contributed by atoms with Crippen molar-refractivity contribution in [2.75, 3.05) is 6.54 Å². The number of hydrogen-bond donors (Lipinski definition) is 2. The second-order valence-electron chi connectivity index (χ2n) is 5.38. The van der Waals surface area contributed by atoms with E-state index in [-0.39, 0.29) is 17.8 Å². The van der Waals surface area contributed by atoms with E-state index in [0.717, 1.165) is 0 Å². The van der Waals surface area contributed by atoms with Crippen LogP contribution in [0.3, 0.4) is 0 Å². The van der Waals surface area contributed by atoms with Gasteiger partial charge in [-0.25, -0.2) is 0 Å². The summed E-state index contributed by atoms with van der Waals surface area (Å²) < 4.78 is 0. The topological polar surface area (TPSA) is 78.9 Å². The lowest BCUT2D eigenvalue weighted by Crippen LogP contribution is -2.39. The monoisotopic (exact) mass is 255 g/mol. The lowest BCUT2D eigenvalue weighted by Gasteiger charge is -2.27. The van der Waals surface area contributed by atoms with Gasteiger partial charge in [0.1, 0.15) is 5.84 Å². The van der Waals surface area contributed by atoms with Gasteiger partial charge in [0.05, 0.1) is 0 Å².